The van der Waals surface area contributed by atoms with Gasteiger partial charge in [-0.1, -0.05) is 0 Å². The number of aromatic nitrogens is 1. The van der Waals surface area contributed by atoms with Gasteiger partial charge in [-0.3, -0.25) is 9.69 Å². The minimum absolute atomic E-state index is 0. The summed E-state index contributed by atoms with van der Waals surface area (Å²) in [6.07, 6.45) is 0. The third-order valence-corrected chi connectivity index (χ3v) is 4.76. The van der Waals surface area contributed by atoms with Crippen LogP contribution in [0.1, 0.15) is 4.88 Å². The molecule has 0 aliphatic carbocycles. The second kappa shape index (κ2) is 9.15. The number of ether oxygens (including phenoxy) is 2. The van der Waals surface area contributed by atoms with Crippen molar-refractivity contribution in [1.82, 2.24) is 9.88 Å². The number of morpholine rings is 1. The first-order chi connectivity index (χ1) is 11.7. The van der Waals surface area contributed by atoms with Gasteiger partial charge in [0.2, 0.25) is 5.91 Å². The van der Waals surface area contributed by atoms with Crippen LogP contribution in [-0.4, -0.2) is 55.7 Å². The number of hydrogen-bond donors (Lipinski definition) is 1. The number of anilines is 1. The van der Waals surface area contributed by atoms with E-state index in [-0.39, 0.29) is 18.3 Å². The van der Waals surface area contributed by atoms with Gasteiger partial charge in [-0.25, -0.2) is 4.98 Å². The lowest BCUT2D eigenvalue weighted by Gasteiger charge is -2.25. The van der Waals surface area contributed by atoms with E-state index < -0.39 is 0 Å². The molecule has 0 radical (unpaired) electrons. The van der Waals surface area contributed by atoms with Crippen molar-refractivity contribution in [2.45, 2.75) is 6.92 Å². The van der Waals surface area contributed by atoms with E-state index >= 15 is 0 Å². The summed E-state index contributed by atoms with van der Waals surface area (Å²) in [6.45, 7) is 5.34. The van der Waals surface area contributed by atoms with Crippen molar-refractivity contribution < 1.29 is 14.3 Å². The topological polar surface area (TPSA) is 63.7 Å². The molecule has 0 spiro atoms. The van der Waals surface area contributed by atoms with E-state index in [1.165, 1.54) is 11.3 Å². The Bertz CT molecular complexity index is 700. The fourth-order valence-electron chi connectivity index (χ4n) is 2.59. The summed E-state index contributed by atoms with van der Waals surface area (Å²) < 4.78 is 10.5. The Balaban J connectivity index is 0.00000225. The molecule has 1 aliphatic rings. The number of benzene rings is 1. The van der Waals surface area contributed by atoms with Crippen molar-refractivity contribution in [3.63, 3.8) is 0 Å². The molecular formula is C17H22ClN3O3S. The molecule has 1 aromatic carbocycles. The highest BCUT2D eigenvalue weighted by molar-refractivity contribution is 7.16. The zero-order valence-electron chi connectivity index (χ0n) is 14.3. The molecule has 1 aliphatic heterocycles. The van der Waals surface area contributed by atoms with Crippen LogP contribution in [0.4, 0.5) is 5.13 Å². The molecule has 1 saturated heterocycles. The van der Waals surface area contributed by atoms with Crippen LogP contribution >= 0.6 is 23.7 Å². The van der Waals surface area contributed by atoms with Gasteiger partial charge in [0.05, 0.1) is 32.6 Å². The molecule has 6 nitrogen and oxygen atoms in total. The summed E-state index contributed by atoms with van der Waals surface area (Å²) in [5, 5.41) is 3.54. The van der Waals surface area contributed by atoms with Gasteiger partial charge < -0.3 is 14.8 Å². The maximum absolute atomic E-state index is 12.2. The van der Waals surface area contributed by atoms with Gasteiger partial charge in [-0.2, -0.15) is 0 Å². The molecule has 1 N–H and O–H groups in total. The first-order valence-corrected chi connectivity index (χ1v) is 8.69. The van der Waals surface area contributed by atoms with Gasteiger partial charge >= 0.3 is 0 Å². The Labute approximate surface area is 157 Å². The number of carbonyl (C=O) groups excluding carboxylic acids is 1. The second-order valence-corrected chi connectivity index (χ2v) is 6.79. The predicted octanol–water partition coefficient (Wildman–Crippen LogP) is 2.82. The lowest BCUT2D eigenvalue weighted by molar-refractivity contribution is -0.118. The van der Waals surface area contributed by atoms with Crippen molar-refractivity contribution >= 4 is 34.8 Å². The van der Waals surface area contributed by atoms with Crippen molar-refractivity contribution in [2.24, 2.45) is 0 Å². The highest BCUT2D eigenvalue weighted by atomic mass is 35.5. The minimum Gasteiger partial charge on any atom is -0.497 e. The molecule has 0 atom stereocenters. The molecule has 2 aromatic rings. The molecule has 2 heterocycles. The van der Waals surface area contributed by atoms with Gasteiger partial charge in [0.25, 0.3) is 0 Å². The molecule has 136 valence electrons. The molecule has 25 heavy (non-hydrogen) atoms. The summed E-state index contributed by atoms with van der Waals surface area (Å²) in [6, 6.07) is 7.76. The normalized spacial score (nSPS) is 14.6. The van der Waals surface area contributed by atoms with E-state index in [4.69, 9.17) is 9.47 Å². The Hall–Kier alpha value is -1.67. The number of rotatable bonds is 5. The van der Waals surface area contributed by atoms with Crippen molar-refractivity contribution in [3.8, 4) is 17.0 Å². The van der Waals surface area contributed by atoms with Gasteiger partial charge in [0.1, 0.15) is 5.75 Å². The molecule has 3 rings (SSSR count). The first kappa shape index (κ1) is 19.7. The second-order valence-electron chi connectivity index (χ2n) is 5.59. The minimum atomic E-state index is -0.0352. The average Bonchev–Trinajstić information content (AvgIpc) is 2.96. The fraction of sp³-hybridized carbons (Fsp3) is 0.412. The number of carbonyl (C=O) groups is 1. The van der Waals surface area contributed by atoms with E-state index in [1.54, 1.807) is 7.11 Å². The zero-order valence-corrected chi connectivity index (χ0v) is 15.9. The number of aryl methyl sites for hydroxylation is 1. The summed E-state index contributed by atoms with van der Waals surface area (Å²) in [7, 11) is 1.64. The number of halogens is 1. The van der Waals surface area contributed by atoms with E-state index in [1.807, 2.05) is 31.2 Å². The number of hydrogen-bond acceptors (Lipinski definition) is 6. The molecule has 8 heteroatoms. The maximum atomic E-state index is 12.2. The lowest BCUT2D eigenvalue weighted by atomic mass is 10.1. The highest BCUT2D eigenvalue weighted by Gasteiger charge is 2.16. The van der Waals surface area contributed by atoms with Crippen LogP contribution in [0.25, 0.3) is 11.3 Å². The van der Waals surface area contributed by atoms with Gasteiger partial charge in [0.15, 0.2) is 5.13 Å². The van der Waals surface area contributed by atoms with Crippen molar-refractivity contribution in [1.29, 1.82) is 0 Å². The average molecular weight is 384 g/mol. The van der Waals surface area contributed by atoms with Crippen LogP contribution in [0, 0.1) is 6.92 Å². The highest BCUT2D eigenvalue weighted by Crippen LogP contribution is 2.31. The van der Waals surface area contributed by atoms with Gasteiger partial charge in [-0.05, 0) is 31.2 Å². The molecule has 1 amide bonds. The van der Waals surface area contributed by atoms with Crippen LogP contribution in [0.3, 0.4) is 0 Å². The molecular weight excluding hydrogens is 362 g/mol. The fourth-order valence-corrected chi connectivity index (χ4v) is 3.44. The Morgan fingerprint density at radius 1 is 1.32 bits per heavy atom. The van der Waals surface area contributed by atoms with Crippen LogP contribution in [0.2, 0.25) is 0 Å². The first-order valence-electron chi connectivity index (χ1n) is 7.87. The summed E-state index contributed by atoms with van der Waals surface area (Å²) in [5.41, 5.74) is 1.91. The zero-order chi connectivity index (χ0) is 16.9. The Kier molecular flexibility index (Phi) is 7.19. The summed E-state index contributed by atoms with van der Waals surface area (Å²) >= 11 is 1.49. The number of nitrogens with one attached hydrogen (secondary N) is 1. The molecule has 0 bridgehead atoms. The summed E-state index contributed by atoms with van der Waals surface area (Å²) in [4.78, 5) is 19.9. The SMILES string of the molecule is COc1ccc(-c2nc(NC(=O)CN3CCOCC3)sc2C)cc1.Cl. The van der Waals surface area contributed by atoms with E-state index in [0.717, 1.165) is 35.0 Å². The number of amides is 1. The molecule has 1 fully saturated rings. The van der Waals surface area contributed by atoms with Crippen molar-refractivity contribution in [3.05, 3.63) is 29.1 Å². The van der Waals surface area contributed by atoms with Gasteiger partial charge in [0, 0.05) is 23.5 Å². The smallest absolute Gasteiger partial charge is 0.240 e. The number of thiazole rings is 1. The van der Waals surface area contributed by atoms with E-state index in [9.17, 15) is 4.79 Å². The van der Waals surface area contributed by atoms with Crippen molar-refractivity contribution in [2.75, 3.05) is 45.3 Å². The third-order valence-electron chi connectivity index (χ3n) is 3.88. The van der Waals surface area contributed by atoms with Crippen LogP contribution in [-0.2, 0) is 9.53 Å². The van der Waals surface area contributed by atoms with E-state index in [2.05, 4.69) is 15.2 Å². The molecule has 0 saturated carbocycles. The predicted molar refractivity (Wildman–Crippen MR) is 102 cm³/mol. The largest absolute Gasteiger partial charge is 0.497 e. The number of nitrogens with zero attached hydrogens (tertiary/aromatic N) is 2. The van der Waals surface area contributed by atoms with E-state index in [0.29, 0.717) is 24.9 Å². The van der Waals surface area contributed by atoms with Gasteiger partial charge in [-0.15, -0.1) is 23.7 Å². The van der Waals surface area contributed by atoms with Crippen LogP contribution in [0.15, 0.2) is 24.3 Å². The van der Waals surface area contributed by atoms with Crippen LogP contribution < -0.4 is 10.1 Å². The van der Waals surface area contributed by atoms with Crippen LogP contribution in [0.5, 0.6) is 5.75 Å². The third kappa shape index (κ3) is 5.15. The monoisotopic (exact) mass is 383 g/mol. The lowest BCUT2D eigenvalue weighted by Crippen LogP contribution is -2.41. The maximum Gasteiger partial charge on any atom is 0.240 e. The Morgan fingerprint density at radius 3 is 2.64 bits per heavy atom. The summed E-state index contributed by atoms with van der Waals surface area (Å²) in [5.74, 6) is 0.776. The number of methoxy groups -OCH3 is 1. The quantitative estimate of drug-likeness (QED) is 0.860. The molecule has 0 unspecified atom stereocenters. The Morgan fingerprint density at radius 2 is 2.00 bits per heavy atom. The molecule has 1 aromatic heterocycles. The standard InChI is InChI=1S/C17H21N3O3S.ClH/c1-12-16(13-3-5-14(22-2)6-4-13)19-17(24-12)18-15(21)11-20-7-9-23-10-8-20;/h3-6H,7-11H2,1-2H3,(H,18,19,21);1H.